The Kier molecular flexibility index (Phi) is 3.72. The number of hydrogen-bond acceptors (Lipinski definition) is 2. The molecule has 1 aliphatic rings. The van der Waals surface area contributed by atoms with Crippen LogP contribution in [0, 0.1) is 5.92 Å². The van der Waals surface area contributed by atoms with E-state index in [9.17, 15) is 0 Å². The van der Waals surface area contributed by atoms with Crippen molar-refractivity contribution in [3.05, 3.63) is 28.8 Å². The summed E-state index contributed by atoms with van der Waals surface area (Å²) in [5, 5.41) is 4.31. The zero-order chi connectivity index (χ0) is 11.5. The maximum Gasteiger partial charge on any atom is 0.0747 e. The molecule has 0 radical (unpaired) electrons. The lowest BCUT2D eigenvalue weighted by Gasteiger charge is -2.18. The normalized spacial score (nSPS) is 17.2. The largest absolute Gasteiger partial charge is 0.382 e. The number of rotatable bonds is 5. The van der Waals surface area contributed by atoms with Gasteiger partial charge in [0.05, 0.1) is 6.61 Å². The molecular formula is C13H18ClNO. The fourth-order valence-electron chi connectivity index (χ4n) is 1.94. The summed E-state index contributed by atoms with van der Waals surface area (Å²) < 4.78 is 5.18. The van der Waals surface area contributed by atoms with Crippen LogP contribution in [0.3, 0.4) is 0 Å². The van der Waals surface area contributed by atoms with Crippen molar-refractivity contribution in [1.82, 2.24) is 0 Å². The third-order valence-electron chi connectivity index (χ3n) is 3.12. The average molecular weight is 240 g/mol. The van der Waals surface area contributed by atoms with Crippen molar-refractivity contribution >= 4 is 17.3 Å². The van der Waals surface area contributed by atoms with Crippen LogP contribution in [0.25, 0.3) is 0 Å². The highest BCUT2D eigenvalue weighted by Crippen LogP contribution is 2.35. The van der Waals surface area contributed by atoms with E-state index in [0.29, 0.717) is 12.6 Å². The fourth-order valence-corrected chi connectivity index (χ4v) is 2.17. The van der Waals surface area contributed by atoms with Gasteiger partial charge in [-0.15, -0.1) is 0 Å². The number of halogens is 1. The molecule has 0 aliphatic heterocycles. The third kappa shape index (κ3) is 2.69. The van der Waals surface area contributed by atoms with Gasteiger partial charge < -0.3 is 10.1 Å². The van der Waals surface area contributed by atoms with Crippen molar-refractivity contribution < 1.29 is 4.74 Å². The van der Waals surface area contributed by atoms with E-state index in [4.69, 9.17) is 16.3 Å². The standard InChI is InChI=1S/C13H18ClNO/c1-9(10-6-7-10)15-13-5-3-4-12(14)11(13)8-16-2/h3-5,9-10,15H,6-8H2,1-2H3. The lowest BCUT2D eigenvalue weighted by Crippen LogP contribution is -2.18. The Bertz CT molecular complexity index is 363. The van der Waals surface area contributed by atoms with E-state index in [1.165, 1.54) is 12.8 Å². The highest BCUT2D eigenvalue weighted by molar-refractivity contribution is 6.31. The first kappa shape index (κ1) is 11.7. The summed E-state index contributed by atoms with van der Waals surface area (Å²) in [6.07, 6.45) is 2.68. The van der Waals surface area contributed by atoms with Crippen LogP contribution < -0.4 is 5.32 Å². The molecule has 1 saturated carbocycles. The van der Waals surface area contributed by atoms with E-state index >= 15 is 0 Å². The Balaban J connectivity index is 2.14. The second-order valence-corrected chi connectivity index (χ2v) is 4.88. The molecule has 1 aromatic rings. The van der Waals surface area contributed by atoms with Gasteiger partial charge in [-0.1, -0.05) is 17.7 Å². The molecule has 2 nitrogen and oxygen atoms in total. The molecule has 1 unspecified atom stereocenters. The molecule has 0 saturated heterocycles. The van der Waals surface area contributed by atoms with Gasteiger partial charge in [0.1, 0.15) is 0 Å². The van der Waals surface area contributed by atoms with Crippen LogP contribution in [0.4, 0.5) is 5.69 Å². The number of nitrogens with one attached hydrogen (secondary N) is 1. The van der Waals surface area contributed by atoms with Gasteiger partial charge in [0, 0.05) is 29.4 Å². The molecule has 1 atom stereocenters. The van der Waals surface area contributed by atoms with Gasteiger partial charge in [-0.25, -0.2) is 0 Å². The van der Waals surface area contributed by atoms with Crippen molar-refractivity contribution in [3.8, 4) is 0 Å². The predicted molar refractivity (Wildman–Crippen MR) is 68.0 cm³/mol. The monoisotopic (exact) mass is 239 g/mol. The molecule has 1 fully saturated rings. The molecule has 1 N–H and O–H groups in total. The number of methoxy groups -OCH3 is 1. The lowest BCUT2D eigenvalue weighted by atomic mass is 10.1. The van der Waals surface area contributed by atoms with Gasteiger partial charge >= 0.3 is 0 Å². The Labute approximate surface area is 102 Å². The van der Waals surface area contributed by atoms with Gasteiger partial charge in [0.15, 0.2) is 0 Å². The minimum absolute atomic E-state index is 0.522. The van der Waals surface area contributed by atoms with E-state index in [2.05, 4.69) is 18.3 Å². The van der Waals surface area contributed by atoms with E-state index in [1.807, 2.05) is 12.1 Å². The summed E-state index contributed by atoms with van der Waals surface area (Å²) in [4.78, 5) is 0. The van der Waals surface area contributed by atoms with Crippen LogP contribution in [0.5, 0.6) is 0 Å². The Morgan fingerprint density at radius 2 is 2.25 bits per heavy atom. The van der Waals surface area contributed by atoms with Gasteiger partial charge in [-0.3, -0.25) is 0 Å². The van der Waals surface area contributed by atoms with Crippen molar-refractivity contribution in [2.75, 3.05) is 12.4 Å². The summed E-state index contributed by atoms with van der Waals surface area (Å²) in [6.45, 7) is 2.79. The topological polar surface area (TPSA) is 21.3 Å². The first-order valence-electron chi connectivity index (χ1n) is 5.75. The summed E-state index contributed by atoms with van der Waals surface area (Å²) in [7, 11) is 1.69. The Hall–Kier alpha value is -0.730. The summed E-state index contributed by atoms with van der Waals surface area (Å²) in [6, 6.07) is 6.47. The maximum absolute atomic E-state index is 6.17. The first-order valence-corrected chi connectivity index (χ1v) is 6.13. The third-order valence-corrected chi connectivity index (χ3v) is 3.47. The molecular weight excluding hydrogens is 222 g/mol. The molecule has 16 heavy (non-hydrogen) atoms. The van der Waals surface area contributed by atoms with Crippen molar-refractivity contribution in [1.29, 1.82) is 0 Å². The average Bonchev–Trinajstić information content (AvgIpc) is 3.06. The molecule has 0 bridgehead atoms. The van der Waals surface area contributed by atoms with Crippen LogP contribution in [0.2, 0.25) is 5.02 Å². The number of ether oxygens (including phenoxy) is 1. The molecule has 2 rings (SSSR count). The molecule has 1 aliphatic carbocycles. The molecule has 3 heteroatoms. The minimum Gasteiger partial charge on any atom is -0.382 e. The number of hydrogen-bond donors (Lipinski definition) is 1. The molecule has 0 spiro atoms. The molecule has 0 amide bonds. The van der Waals surface area contributed by atoms with Crippen molar-refractivity contribution in [2.45, 2.75) is 32.4 Å². The second kappa shape index (κ2) is 5.07. The molecule has 1 aromatic carbocycles. The quantitative estimate of drug-likeness (QED) is 0.846. The minimum atomic E-state index is 0.522. The van der Waals surface area contributed by atoms with E-state index < -0.39 is 0 Å². The van der Waals surface area contributed by atoms with Gasteiger partial charge in [0.25, 0.3) is 0 Å². The number of anilines is 1. The first-order chi connectivity index (χ1) is 7.72. The summed E-state index contributed by atoms with van der Waals surface area (Å²) in [5.41, 5.74) is 2.16. The van der Waals surface area contributed by atoms with Crippen LogP contribution in [0.1, 0.15) is 25.3 Å². The Morgan fingerprint density at radius 1 is 1.50 bits per heavy atom. The van der Waals surface area contributed by atoms with Crippen LogP contribution >= 0.6 is 11.6 Å². The van der Waals surface area contributed by atoms with Crippen molar-refractivity contribution in [3.63, 3.8) is 0 Å². The van der Waals surface area contributed by atoms with E-state index in [-0.39, 0.29) is 0 Å². The maximum atomic E-state index is 6.17. The van der Waals surface area contributed by atoms with E-state index in [1.54, 1.807) is 7.11 Å². The lowest BCUT2D eigenvalue weighted by molar-refractivity contribution is 0.185. The van der Waals surface area contributed by atoms with Crippen LogP contribution in [-0.4, -0.2) is 13.2 Å². The van der Waals surface area contributed by atoms with Crippen LogP contribution in [-0.2, 0) is 11.3 Å². The molecule has 0 heterocycles. The fraction of sp³-hybridized carbons (Fsp3) is 0.538. The molecule has 0 aromatic heterocycles. The SMILES string of the molecule is COCc1c(Cl)cccc1NC(C)C1CC1. The Morgan fingerprint density at radius 3 is 2.88 bits per heavy atom. The van der Waals surface area contributed by atoms with Gasteiger partial charge in [-0.05, 0) is 37.8 Å². The highest BCUT2D eigenvalue weighted by atomic mass is 35.5. The van der Waals surface area contributed by atoms with Crippen molar-refractivity contribution in [2.24, 2.45) is 5.92 Å². The van der Waals surface area contributed by atoms with Gasteiger partial charge in [-0.2, -0.15) is 0 Å². The van der Waals surface area contributed by atoms with Gasteiger partial charge in [0.2, 0.25) is 0 Å². The highest BCUT2D eigenvalue weighted by Gasteiger charge is 2.28. The summed E-state index contributed by atoms with van der Waals surface area (Å²) >= 11 is 6.17. The van der Waals surface area contributed by atoms with Crippen LogP contribution in [0.15, 0.2) is 18.2 Å². The summed E-state index contributed by atoms with van der Waals surface area (Å²) in [5.74, 6) is 0.828. The molecule has 88 valence electrons. The predicted octanol–water partition coefficient (Wildman–Crippen LogP) is 3.70. The zero-order valence-electron chi connectivity index (χ0n) is 9.79. The smallest absolute Gasteiger partial charge is 0.0747 e. The second-order valence-electron chi connectivity index (χ2n) is 4.47. The van der Waals surface area contributed by atoms with E-state index in [0.717, 1.165) is 22.2 Å². The zero-order valence-corrected chi connectivity index (χ0v) is 10.6. The number of benzene rings is 1.